The van der Waals surface area contributed by atoms with E-state index in [1.54, 1.807) is 11.5 Å². The monoisotopic (exact) mass is 303 g/mol. The van der Waals surface area contributed by atoms with Gasteiger partial charge in [0, 0.05) is 12.7 Å². The van der Waals surface area contributed by atoms with Gasteiger partial charge in [0.05, 0.1) is 0 Å². The molecule has 2 N–H and O–H groups in total. The van der Waals surface area contributed by atoms with Crippen LogP contribution in [0.4, 0.5) is 0 Å². The Morgan fingerprint density at radius 2 is 2.15 bits per heavy atom. The molecule has 0 aromatic carbocycles. The molecule has 1 heterocycles. The first-order valence-electron chi connectivity index (χ1n) is 6.60. The van der Waals surface area contributed by atoms with Crippen molar-refractivity contribution >= 4 is 16.0 Å². The number of sulfonamides is 1. The Kier molecular flexibility index (Phi) is 5.70. The fraction of sp³-hybridized carbons (Fsp3) is 0.667. The number of aliphatic carboxylic acids is 1. The highest BCUT2D eigenvalue weighted by Gasteiger charge is 2.27. The van der Waals surface area contributed by atoms with E-state index in [0.29, 0.717) is 18.8 Å². The maximum atomic E-state index is 12.1. The number of aryl methyl sites for hydroxylation is 2. The van der Waals surface area contributed by atoms with E-state index in [2.05, 4.69) is 9.71 Å². The van der Waals surface area contributed by atoms with Crippen molar-refractivity contribution in [3.8, 4) is 0 Å². The van der Waals surface area contributed by atoms with Crippen LogP contribution in [0.2, 0.25) is 0 Å². The molecule has 0 amide bonds. The Balaban J connectivity index is 2.94. The lowest BCUT2D eigenvalue weighted by Gasteiger charge is -2.13. The number of carbonyl (C=O) groups is 1. The Labute approximate surface area is 119 Å². The fourth-order valence-corrected chi connectivity index (χ4v) is 3.05. The SMILES string of the molecule is CCCC[C@H](NS(=O)(=O)c1cn(CC)c(C)n1)C(=O)O. The van der Waals surface area contributed by atoms with E-state index < -0.39 is 22.0 Å². The molecule has 0 saturated heterocycles. The summed E-state index contributed by atoms with van der Waals surface area (Å²) in [5.41, 5.74) is 0. The van der Waals surface area contributed by atoms with Crippen LogP contribution in [0.5, 0.6) is 0 Å². The normalized spacial score (nSPS) is 13.3. The van der Waals surface area contributed by atoms with Gasteiger partial charge in [0.25, 0.3) is 10.0 Å². The Bertz CT molecular complexity index is 565. The van der Waals surface area contributed by atoms with Gasteiger partial charge in [-0.25, -0.2) is 13.4 Å². The smallest absolute Gasteiger partial charge is 0.321 e. The highest BCUT2D eigenvalue weighted by molar-refractivity contribution is 7.89. The number of nitrogens with zero attached hydrogens (tertiary/aromatic N) is 2. The summed E-state index contributed by atoms with van der Waals surface area (Å²) in [6, 6.07) is -1.12. The number of carboxylic acids is 1. The third-order valence-electron chi connectivity index (χ3n) is 3.01. The first-order valence-corrected chi connectivity index (χ1v) is 8.09. The average Bonchev–Trinajstić information content (AvgIpc) is 2.76. The van der Waals surface area contributed by atoms with Crippen molar-refractivity contribution in [1.82, 2.24) is 14.3 Å². The zero-order valence-corrected chi connectivity index (χ0v) is 12.8. The number of hydrogen-bond acceptors (Lipinski definition) is 4. The van der Waals surface area contributed by atoms with Crippen LogP contribution in [0.1, 0.15) is 38.9 Å². The molecule has 0 bridgehead atoms. The number of rotatable bonds is 8. The standard InChI is InChI=1S/C12H21N3O4S/c1-4-6-7-10(12(16)17)14-20(18,19)11-8-15(5-2)9(3)13-11/h8,10,14H,4-7H2,1-3H3,(H,16,17)/t10-/m0/s1. The Hall–Kier alpha value is -1.41. The molecule has 114 valence electrons. The highest BCUT2D eigenvalue weighted by atomic mass is 32.2. The number of hydrogen-bond donors (Lipinski definition) is 2. The van der Waals surface area contributed by atoms with Gasteiger partial charge in [-0.1, -0.05) is 19.8 Å². The number of aromatic nitrogens is 2. The van der Waals surface area contributed by atoms with Gasteiger partial charge in [0.1, 0.15) is 11.9 Å². The van der Waals surface area contributed by atoms with E-state index in [0.717, 1.165) is 6.42 Å². The van der Waals surface area contributed by atoms with Gasteiger partial charge in [-0.15, -0.1) is 0 Å². The molecule has 8 heteroatoms. The van der Waals surface area contributed by atoms with Gasteiger partial charge < -0.3 is 9.67 Å². The minimum Gasteiger partial charge on any atom is -0.480 e. The van der Waals surface area contributed by atoms with Crippen molar-refractivity contribution in [1.29, 1.82) is 0 Å². The van der Waals surface area contributed by atoms with Crippen molar-refractivity contribution in [3.05, 3.63) is 12.0 Å². The predicted octanol–water partition coefficient (Wildman–Crippen LogP) is 1.13. The topological polar surface area (TPSA) is 101 Å². The van der Waals surface area contributed by atoms with Crippen molar-refractivity contribution in [3.63, 3.8) is 0 Å². The van der Waals surface area contributed by atoms with Gasteiger partial charge in [-0.2, -0.15) is 4.72 Å². The fourth-order valence-electron chi connectivity index (χ4n) is 1.82. The average molecular weight is 303 g/mol. The minimum absolute atomic E-state index is 0.139. The second-order valence-electron chi connectivity index (χ2n) is 4.57. The summed E-state index contributed by atoms with van der Waals surface area (Å²) in [4.78, 5) is 15.1. The summed E-state index contributed by atoms with van der Waals surface area (Å²) in [6.07, 6.45) is 3.12. The van der Waals surface area contributed by atoms with Crippen molar-refractivity contribution < 1.29 is 18.3 Å². The van der Waals surface area contributed by atoms with Gasteiger partial charge in [-0.3, -0.25) is 4.79 Å². The van der Waals surface area contributed by atoms with Crippen LogP contribution in [-0.4, -0.2) is 35.1 Å². The molecule has 1 aromatic rings. The van der Waals surface area contributed by atoms with Crippen molar-refractivity contribution in [2.24, 2.45) is 0 Å². The Morgan fingerprint density at radius 3 is 2.60 bits per heavy atom. The van der Waals surface area contributed by atoms with Crippen molar-refractivity contribution in [2.75, 3.05) is 0 Å². The molecular formula is C12H21N3O4S. The summed E-state index contributed by atoms with van der Waals surface area (Å²) in [6.45, 7) is 6.10. The van der Waals surface area contributed by atoms with E-state index >= 15 is 0 Å². The molecule has 0 saturated carbocycles. The lowest BCUT2D eigenvalue weighted by molar-refractivity contribution is -0.139. The first kappa shape index (κ1) is 16.6. The molecule has 0 fully saturated rings. The maximum absolute atomic E-state index is 12.1. The minimum atomic E-state index is -3.91. The number of nitrogens with one attached hydrogen (secondary N) is 1. The van der Waals surface area contributed by atoms with E-state index in [9.17, 15) is 13.2 Å². The summed E-state index contributed by atoms with van der Waals surface area (Å²) >= 11 is 0. The third kappa shape index (κ3) is 4.04. The molecule has 1 atom stereocenters. The summed E-state index contributed by atoms with van der Waals surface area (Å²) in [5, 5.41) is 8.92. The molecule has 0 radical (unpaired) electrons. The summed E-state index contributed by atoms with van der Waals surface area (Å²) in [7, 11) is -3.91. The highest BCUT2D eigenvalue weighted by Crippen LogP contribution is 2.11. The number of carboxylic acid groups (broad SMARTS) is 1. The molecular weight excluding hydrogens is 282 g/mol. The molecule has 0 aliphatic heterocycles. The maximum Gasteiger partial charge on any atom is 0.321 e. The van der Waals surface area contributed by atoms with Gasteiger partial charge in [0.2, 0.25) is 0 Å². The second-order valence-corrected chi connectivity index (χ2v) is 6.23. The molecule has 1 rings (SSSR count). The molecule has 1 aromatic heterocycles. The Morgan fingerprint density at radius 1 is 1.50 bits per heavy atom. The van der Waals surface area contributed by atoms with Crippen LogP contribution in [0.25, 0.3) is 0 Å². The van der Waals surface area contributed by atoms with E-state index in [4.69, 9.17) is 5.11 Å². The quantitative estimate of drug-likeness (QED) is 0.749. The first-order chi connectivity index (χ1) is 9.31. The zero-order chi connectivity index (χ0) is 15.3. The van der Waals surface area contributed by atoms with E-state index in [1.165, 1.54) is 6.20 Å². The summed E-state index contributed by atoms with van der Waals surface area (Å²) in [5.74, 6) is -0.595. The largest absolute Gasteiger partial charge is 0.480 e. The number of imidazole rings is 1. The molecule has 0 aliphatic carbocycles. The number of unbranched alkanes of at least 4 members (excludes halogenated alkanes) is 1. The lowest BCUT2D eigenvalue weighted by Crippen LogP contribution is -2.40. The van der Waals surface area contributed by atoms with Gasteiger partial charge in [0.15, 0.2) is 5.03 Å². The van der Waals surface area contributed by atoms with Crippen LogP contribution < -0.4 is 4.72 Å². The molecule has 0 aliphatic rings. The van der Waals surface area contributed by atoms with E-state index in [1.807, 2.05) is 13.8 Å². The van der Waals surface area contributed by atoms with Crippen LogP contribution in [-0.2, 0) is 21.4 Å². The molecule has 0 spiro atoms. The van der Waals surface area contributed by atoms with Crippen LogP contribution in [0.15, 0.2) is 11.2 Å². The van der Waals surface area contributed by atoms with Crippen LogP contribution in [0.3, 0.4) is 0 Å². The predicted molar refractivity (Wildman–Crippen MR) is 73.9 cm³/mol. The molecule has 0 unspecified atom stereocenters. The zero-order valence-electron chi connectivity index (χ0n) is 12.0. The third-order valence-corrected chi connectivity index (χ3v) is 4.35. The van der Waals surface area contributed by atoms with Crippen LogP contribution >= 0.6 is 0 Å². The van der Waals surface area contributed by atoms with Crippen LogP contribution in [0, 0.1) is 6.92 Å². The van der Waals surface area contributed by atoms with Gasteiger partial charge in [-0.05, 0) is 20.3 Å². The van der Waals surface area contributed by atoms with Gasteiger partial charge >= 0.3 is 5.97 Å². The van der Waals surface area contributed by atoms with E-state index in [-0.39, 0.29) is 11.4 Å². The molecule has 20 heavy (non-hydrogen) atoms. The molecule has 7 nitrogen and oxygen atoms in total. The van der Waals surface area contributed by atoms with Crippen molar-refractivity contribution in [2.45, 2.75) is 57.6 Å². The lowest BCUT2D eigenvalue weighted by atomic mass is 10.1. The summed E-state index contributed by atoms with van der Waals surface area (Å²) < 4.78 is 28.2. The second kappa shape index (κ2) is 6.85.